The van der Waals surface area contributed by atoms with Gasteiger partial charge in [0.05, 0.1) is 11.4 Å². The number of ether oxygens (including phenoxy) is 1. The number of benzene rings is 2. The Labute approximate surface area is 134 Å². The second kappa shape index (κ2) is 6.12. The van der Waals surface area contributed by atoms with Crippen molar-refractivity contribution in [3.8, 4) is 5.75 Å². The quantitative estimate of drug-likeness (QED) is 0.948. The van der Waals surface area contributed by atoms with Crippen LogP contribution in [0.3, 0.4) is 0 Å². The van der Waals surface area contributed by atoms with E-state index in [2.05, 4.69) is 5.32 Å². The molecule has 5 nitrogen and oxygen atoms in total. The van der Waals surface area contributed by atoms with Crippen LogP contribution in [0.4, 0.5) is 11.4 Å². The summed E-state index contributed by atoms with van der Waals surface area (Å²) in [6.45, 7) is 3.62. The van der Waals surface area contributed by atoms with Crippen molar-refractivity contribution in [2.24, 2.45) is 0 Å². The molecule has 1 unspecified atom stereocenters. The van der Waals surface area contributed by atoms with Crippen molar-refractivity contribution in [2.75, 3.05) is 16.8 Å². The Kier molecular flexibility index (Phi) is 4.02. The molecule has 0 saturated carbocycles. The van der Waals surface area contributed by atoms with E-state index in [4.69, 9.17) is 4.74 Å². The number of carbonyl (C=O) groups excluding carboxylic acids is 2. The van der Waals surface area contributed by atoms with Gasteiger partial charge < -0.3 is 10.1 Å². The second-order valence-electron chi connectivity index (χ2n) is 5.52. The minimum atomic E-state index is -0.685. The third-order valence-electron chi connectivity index (χ3n) is 3.78. The highest BCUT2D eigenvalue weighted by atomic mass is 16.5. The van der Waals surface area contributed by atoms with Crippen molar-refractivity contribution in [3.05, 3.63) is 54.1 Å². The molecule has 2 aromatic carbocycles. The van der Waals surface area contributed by atoms with Gasteiger partial charge in [0.25, 0.3) is 5.91 Å². The van der Waals surface area contributed by atoms with Gasteiger partial charge in [0.2, 0.25) is 5.91 Å². The molecule has 1 N–H and O–H groups in total. The first-order valence-electron chi connectivity index (χ1n) is 7.49. The van der Waals surface area contributed by atoms with Gasteiger partial charge in [0.1, 0.15) is 12.3 Å². The molecule has 1 aliphatic heterocycles. The van der Waals surface area contributed by atoms with Crippen LogP contribution in [0.15, 0.2) is 48.5 Å². The lowest BCUT2D eigenvalue weighted by molar-refractivity contribution is -0.126. The molecule has 23 heavy (non-hydrogen) atoms. The van der Waals surface area contributed by atoms with Crippen LogP contribution in [0, 0.1) is 6.92 Å². The number of anilines is 2. The highest BCUT2D eigenvalue weighted by Crippen LogP contribution is 2.30. The molecule has 2 aromatic rings. The molecule has 0 spiro atoms. The van der Waals surface area contributed by atoms with E-state index in [0.29, 0.717) is 17.1 Å². The summed E-state index contributed by atoms with van der Waals surface area (Å²) in [6.07, 6.45) is -0.685. The van der Waals surface area contributed by atoms with Crippen LogP contribution in [-0.2, 0) is 9.59 Å². The van der Waals surface area contributed by atoms with Crippen molar-refractivity contribution < 1.29 is 14.3 Å². The molecule has 0 aliphatic carbocycles. The number of rotatable bonds is 3. The maximum atomic E-state index is 12.7. The van der Waals surface area contributed by atoms with Gasteiger partial charge >= 0.3 is 0 Å². The Morgan fingerprint density at radius 1 is 1.17 bits per heavy atom. The van der Waals surface area contributed by atoms with E-state index in [9.17, 15) is 9.59 Å². The molecule has 0 radical (unpaired) electrons. The number of aryl methyl sites for hydroxylation is 1. The zero-order chi connectivity index (χ0) is 16.4. The molecule has 1 atom stereocenters. The lowest BCUT2D eigenvalue weighted by Gasteiger charge is -2.31. The van der Waals surface area contributed by atoms with Crippen LogP contribution in [-0.4, -0.2) is 24.5 Å². The van der Waals surface area contributed by atoms with Gasteiger partial charge in [0, 0.05) is 0 Å². The lowest BCUT2D eigenvalue weighted by atomic mass is 10.1. The van der Waals surface area contributed by atoms with E-state index in [1.54, 1.807) is 13.0 Å². The van der Waals surface area contributed by atoms with E-state index in [1.807, 2.05) is 49.4 Å². The van der Waals surface area contributed by atoms with Crippen molar-refractivity contribution >= 4 is 23.2 Å². The number of carbonyl (C=O) groups is 2. The number of nitrogens with zero attached hydrogens (tertiary/aromatic N) is 1. The first-order valence-corrected chi connectivity index (χ1v) is 7.49. The zero-order valence-electron chi connectivity index (χ0n) is 13.1. The minimum absolute atomic E-state index is 0.00266. The van der Waals surface area contributed by atoms with E-state index >= 15 is 0 Å². The maximum absolute atomic E-state index is 12.7. The van der Waals surface area contributed by atoms with Crippen molar-refractivity contribution in [2.45, 2.75) is 20.0 Å². The normalized spacial score (nSPS) is 14.7. The number of para-hydroxylation sites is 3. The van der Waals surface area contributed by atoms with E-state index in [1.165, 1.54) is 4.90 Å². The number of amides is 2. The second-order valence-corrected chi connectivity index (χ2v) is 5.52. The molecule has 118 valence electrons. The Balaban J connectivity index is 1.83. The standard InChI is InChI=1S/C18H18N2O3/c1-12-7-3-6-10-16(12)23-13(2)18(22)20-11-17(21)19-14-8-4-5-9-15(14)20/h3-10,13H,11H2,1-2H3,(H,19,21). The summed E-state index contributed by atoms with van der Waals surface area (Å²) in [5.74, 6) is 0.221. The first-order chi connectivity index (χ1) is 11.1. The highest BCUT2D eigenvalue weighted by Gasteiger charge is 2.30. The van der Waals surface area contributed by atoms with Gasteiger partial charge in [0.15, 0.2) is 6.10 Å². The average Bonchev–Trinajstić information content (AvgIpc) is 2.55. The fourth-order valence-corrected chi connectivity index (χ4v) is 2.58. The van der Waals surface area contributed by atoms with Crippen LogP contribution in [0.1, 0.15) is 12.5 Å². The summed E-state index contributed by atoms with van der Waals surface area (Å²) in [7, 11) is 0. The van der Waals surface area contributed by atoms with E-state index in [-0.39, 0.29) is 18.4 Å². The predicted octanol–water partition coefficient (Wildman–Crippen LogP) is 2.75. The van der Waals surface area contributed by atoms with Gasteiger partial charge in [-0.15, -0.1) is 0 Å². The van der Waals surface area contributed by atoms with Crippen LogP contribution in [0.25, 0.3) is 0 Å². The van der Waals surface area contributed by atoms with Gasteiger partial charge in [-0.3, -0.25) is 14.5 Å². The molecular weight excluding hydrogens is 292 g/mol. The third kappa shape index (κ3) is 3.04. The summed E-state index contributed by atoms with van der Waals surface area (Å²) in [6, 6.07) is 14.8. The summed E-state index contributed by atoms with van der Waals surface area (Å²) < 4.78 is 5.79. The Morgan fingerprint density at radius 3 is 2.65 bits per heavy atom. The first kappa shape index (κ1) is 15.1. The van der Waals surface area contributed by atoms with E-state index in [0.717, 1.165) is 5.56 Å². The van der Waals surface area contributed by atoms with Crippen LogP contribution >= 0.6 is 0 Å². The van der Waals surface area contributed by atoms with Gasteiger partial charge in [-0.2, -0.15) is 0 Å². The molecule has 1 aliphatic rings. The molecule has 2 amide bonds. The molecule has 0 saturated heterocycles. The summed E-state index contributed by atoms with van der Waals surface area (Å²) in [5.41, 5.74) is 2.29. The number of nitrogens with one attached hydrogen (secondary N) is 1. The zero-order valence-corrected chi connectivity index (χ0v) is 13.1. The Morgan fingerprint density at radius 2 is 1.87 bits per heavy atom. The number of fused-ring (bicyclic) bond motifs is 1. The van der Waals surface area contributed by atoms with Crippen LogP contribution < -0.4 is 15.0 Å². The van der Waals surface area contributed by atoms with Gasteiger partial charge in [-0.05, 0) is 37.6 Å². The Bertz CT molecular complexity index is 757. The summed E-state index contributed by atoms with van der Waals surface area (Å²) in [5, 5.41) is 2.77. The van der Waals surface area contributed by atoms with Crippen molar-refractivity contribution in [1.82, 2.24) is 0 Å². The Hall–Kier alpha value is -2.82. The topological polar surface area (TPSA) is 58.6 Å². The fourth-order valence-electron chi connectivity index (χ4n) is 2.58. The van der Waals surface area contributed by atoms with Gasteiger partial charge in [-0.25, -0.2) is 0 Å². The summed E-state index contributed by atoms with van der Waals surface area (Å²) >= 11 is 0. The SMILES string of the molecule is Cc1ccccc1OC(C)C(=O)N1CC(=O)Nc2ccccc21. The molecule has 0 aromatic heterocycles. The van der Waals surface area contributed by atoms with Crippen molar-refractivity contribution in [1.29, 1.82) is 0 Å². The van der Waals surface area contributed by atoms with Gasteiger partial charge in [-0.1, -0.05) is 30.3 Å². The highest BCUT2D eigenvalue weighted by molar-refractivity contribution is 6.10. The molecule has 0 bridgehead atoms. The van der Waals surface area contributed by atoms with E-state index < -0.39 is 6.10 Å². The summed E-state index contributed by atoms with van der Waals surface area (Å²) in [4.78, 5) is 26.0. The average molecular weight is 310 g/mol. The third-order valence-corrected chi connectivity index (χ3v) is 3.78. The molecule has 3 rings (SSSR count). The fraction of sp³-hybridized carbons (Fsp3) is 0.222. The molecule has 5 heteroatoms. The van der Waals surface area contributed by atoms with Crippen molar-refractivity contribution in [3.63, 3.8) is 0 Å². The largest absolute Gasteiger partial charge is 0.481 e. The minimum Gasteiger partial charge on any atom is -0.481 e. The number of hydrogen-bond donors (Lipinski definition) is 1. The molecule has 0 fully saturated rings. The van der Waals surface area contributed by atoms with Crippen LogP contribution in [0.5, 0.6) is 5.75 Å². The smallest absolute Gasteiger partial charge is 0.268 e. The predicted molar refractivity (Wildman–Crippen MR) is 88.7 cm³/mol. The maximum Gasteiger partial charge on any atom is 0.268 e. The van der Waals surface area contributed by atoms with Crippen LogP contribution in [0.2, 0.25) is 0 Å². The lowest BCUT2D eigenvalue weighted by Crippen LogP contribution is -2.47. The molecule has 1 heterocycles. The monoisotopic (exact) mass is 310 g/mol. The molecular formula is C18H18N2O3. The number of hydrogen-bond acceptors (Lipinski definition) is 3.